The van der Waals surface area contributed by atoms with Gasteiger partial charge in [-0.1, -0.05) is 18.2 Å². The predicted octanol–water partition coefficient (Wildman–Crippen LogP) is 2.59. The molecule has 112 valence electrons. The van der Waals surface area contributed by atoms with E-state index in [4.69, 9.17) is 9.72 Å². The van der Waals surface area contributed by atoms with Gasteiger partial charge >= 0.3 is 0 Å². The van der Waals surface area contributed by atoms with Crippen molar-refractivity contribution in [3.63, 3.8) is 0 Å². The Morgan fingerprint density at radius 2 is 2.05 bits per heavy atom. The molecule has 3 rings (SSSR count). The second kappa shape index (κ2) is 6.41. The quantitative estimate of drug-likeness (QED) is 0.938. The number of nitrogens with zero attached hydrogens (tertiary/aromatic N) is 2. The lowest BCUT2D eigenvalue weighted by molar-refractivity contribution is 0.139. The molecule has 0 amide bonds. The molecule has 0 radical (unpaired) electrons. The summed E-state index contributed by atoms with van der Waals surface area (Å²) in [6.45, 7) is 2.91. The highest BCUT2D eigenvalue weighted by atomic mass is 16.5. The van der Waals surface area contributed by atoms with Crippen molar-refractivity contribution in [3.05, 3.63) is 35.9 Å². The van der Waals surface area contributed by atoms with Crippen LogP contribution in [0.4, 0.5) is 5.82 Å². The van der Waals surface area contributed by atoms with Crippen molar-refractivity contribution < 1.29 is 9.84 Å². The molecule has 0 unspecified atom stereocenters. The Hall–Kier alpha value is -1.65. The number of pyridine rings is 1. The highest BCUT2D eigenvalue weighted by molar-refractivity contribution is 5.84. The Bertz CT molecular complexity index is 607. The van der Waals surface area contributed by atoms with Gasteiger partial charge in [-0.25, -0.2) is 4.98 Å². The third-order valence-corrected chi connectivity index (χ3v) is 4.30. The topological polar surface area (TPSA) is 45.6 Å². The molecule has 1 aromatic heterocycles. The molecule has 2 heterocycles. The summed E-state index contributed by atoms with van der Waals surface area (Å²) < 4.78 is 5.25. The Labute approximate surface area is 125 Å². The number of aliphatic hydroxyl groups excluding tert-OH is 1. The summed E-state index contributed by atoms with van der Waals surface area (Å²) in [4.78, 5) is 7.08. The number of hydrogen-bond acceptors (Lipinski definition) is 4. The highest BCUT2D eigenvalue weighted by Gasteiger charge is 2.20. The first-order valence-electron chi connectivity index (χ1n) is 7.55. The largest absolute Gasteiger partial charge is 0.392 e. The number of aromatic nitrogens is 1. The number of anilines is 1. The van der Waals surface area contributed by atoms with Crippen LogP contribution in [0.25, 0.3) is 10.9 Å². The number of benzene rings is 1. The second-order valence-corrected chi connectivity index (χ2v) is 5.70. The fraction of sp³-hybridized carbons (Fsp3) is 0.471. The van der Waals surface area contributed by atoms with Crippen LogP contribution in [-0.4, -0.2) is 36.9 Å². The van der Waals surface area contributed by atoms with E-state index in [9.17, 15) is 5.11 Å². The zero-order valence-corrected chi connectivity index (χ0v) is 12.5. The van der Waals surface area contributed by atoms with Gasteiger partial charge in [0, 0.05) is 32.2 Å². The smallest absolute Gasteiger partial charge is 0.129 e. The minimum Gasteiger partial charge on any atom is -0.392 e. The molecule has 2 aromatic rings. The van der Waals surface area contributed by atoms with Crippen LogP contribution >= 0.6 is 0 Å². The lowest BCUT2D eigenvalue weighted by atomic mass is 9.97. The lowest BCUT2D eigenvalue weighted by Crippen LogP contribution is -2.35. The molecule has 4 nitrogen and oxygen atoms in total. The van der Waals surface area contributed by atoms with Gasteiger partial charge in [-0.3, -0.25) is 0 Å². The van der Waals surface area contributed by atoms with Gasteiger partial charge in [-0.2, -0.15) is 0 Å². The van der Waals surface area contributed by atoms with Crippen LogP contribution in [0.1, 0.15) is 18.4 Å². The maximum Gasteiger partial charge on any atom is 0.129 e. The molecule has 0 aliphatic carbocycles. The number of rotatable bonds is 4. The van der Waals surface area contributed by atoms with Gasteiger partial charge in [0.1, 0.15) is 5.82 Å². The summed E-state index contributed by atoms with van der Waals surface area (Å²) in [7, 11) is 1.77. The van der Waals surface area contributed by atoms with E-state index in [1.807, 2.05) is 30.3 Å². The third-order valence-electron chi connectivity index (χ3n) is 4.30. The van der Waals surface area contributed by atoms with E-state index in [0.29, 0.717) is 5.92 Å². The molecule has 0 spiro atoms. The number of aliphatic hydroxyl groups is 1. The van der Waals surface area contributed by atoms with Gasteiger partial charge < -0.3 is 14.7 Å². The number of fused-ring (bicyclic) bond motifs is 1. The lowest BCUT2D eigenvalue weighted by Gasteiger charge is -2.32. The van der Waals surface area contributed by atoms with Crippen molar-refractivity contribution in [3.8, 4) is 0 Å². The van der Waals surface area contributed by atoms with Crippen molar-refractivity contribution in [2.75, 3.05) is 31.7 Å². The average Bonchev–Trinajstić information content (AvgIpc) is 2.55. The van der Waals surface area contributed by atoms with Crippen molar-refractivity contribution in [1.29, 1.82) is 0 Å². The van der Waals surface area contributed by atoms with Gasteiger partial charge in [-0.15, -0.1) is 0 Å². The van der Waals surface area contributed by atoms with Crippen LogP contribution in [0.15, 0.2) is 30.3 Å². The van der Waals surface area contributed by atoms with Crippen molar-refractivity contribution in [2.24, 2.45) is 5.92 Å². The van der Waals surface area contributed by atoms with E-state index in [1.54, 1.807) is 7.11 Å². The molecule has 0 bridgehead atoms. The maximum atomic E-state index is 9.61. The number of piperidine rings is 1. The average molecular weight is 286 g/mol. The van der Waals surface area contributed by atoms with Crippen molar-refractivity contribution in [1.82, 2.24) is 4.98 Å². The number of para-hydroxylation sites is 1. The van der Waals surface area contributed by atoms with E-state index in [2.05, 4.69) is 4.90 Å². The normalized spacial score (nSPS) is 16.6. The van der Waals surface area contributed by atoms with Crippen LogP contribution in [-0.2, 0) is 11.3 Å². The fourth-order valence-electron chi connectivity index (χ4n) is 3.09. The molecule has 0 saturated carbocycles. The molecule has 0 atom stereocenters. The van der Waals surface area contributed by atoms with E-state index < -0.39 is 0 Å². The Balaban J connectivity index is 1.84. The molecule has 1 aromatic carbocycles. The monoisotopic (exact) mass is 286 g/mol. The SMILES string of the molecule is COCC1CCN(c2cc(CO)c3ccccc3n2)CC1. The Morgan fingerprint density at radius 1 is 1.29 bits per heavy atom. The summed E-state index contributed by atoms with van der Waals surface area (Å²) in [6, 6.07) is 10.0. The standard InChI is InChI=1S/C17H22N2O2/c1-21-12-13-6-8-19(9-7-13)17-10-14(11-20)15-4-2-3-5-16(15)18-17/h2-5,10,13,20H,6-9,11-12H2,1H3. The van der Waals surface area contributed by atoms with Crippen molar-refractivity contribution in [2.45, 2.75) is 19.4 Å². The maximum absolute atomic E-state index is 9.61. The number of hydrogen-bond donors (Lipinski definition) is 1. The van der Waals surface area contributed by atoms with Crippen LogP contribution in [0.2, 0.25) is 0 Å². The minimum atomic E-state index is 0.0518. The van der Waals surface area contributed by atoms with E-state index in [0.717, 1.165) is 54.8 Å². The summed E-state index contributed by atoms with van der Waals surface area (Å²) in [5.41, 5.74) is 1.91. The Kier molecular flexibility index (Phi) is 4.36. The van der Waals surface area contributed by atoms with E-state index in [1.165, 1.54) is 0 Å². The van der Waals surface area contributed by atoms with E-state index in [-0.39, 0.29) is 6.61 Å². The number of ether oxygens (including phenoxy) is 1. The van der Waals surface area contributed by atoms with Gasteiger partial charge in [-0.05, 0) is 36.5 Å². The molecule has 1 fully saturated rings. The van der Waals surface area contributed by atoms with Gasteiger partial charge in [0.2, 0.25) is 0 Å². The van der Waals surface area contributed by atoms with E-state index >= 15 is 0 Å². The first kappa shape index (κ1) is 14.3. The van der Waals surface area contributed by atoms with Gasteiger partial charge in [0.15, 0.2) is 0 Å². The molecule has 1 aliphatic heterocycles. The molecule has 4 heteroatoms. The third kappa shape index (κ3) is 3.01. The fourth-order valence-corrected chi connectivity index (χ4v) is 3.09. The minimum absolute atomic E-state index is 0.0518. The summed E-state index contributed by atoms with van der Waals surface area (Å²) in [5.74, 6) is 1.64. The zero-order chi connectivity index (χ0) is 14.7. The van der Waals surface area contributed by atoms with Crippen LogP contribution in [0.3, 0.4) is 0 Å². The first-order chi connectivity index (χ1) is 10.3. The van der Waals surface area contributed by atoms with Crippen LogP contribution < -0.4 is 4.90 Å². The summed E-state index contributed by atoms with van der Waals surface area (Å²) in [6.07, 6.45) is 2.27. The summed E-state index contributed by atoms with van der Waals surface area (Å²) in [5, 5.41) is 10.6. The second-order valence-electron chi connectivity index (χ2n) is 5.70. The molecular weight excluding hydrogens is 264 g/mol. The molecule has 1 aliphatic rings. The van der Waals surface area contributed by atoms with Crippen LogP contribution in [0.5, 0.6) is 0 Å². The summed E-state index contributed by atoms with van der Waals surface area (Å²) >= 11 is 0. The number of methoxy groups -OCH3 is 1. The van der Waals surface area contributed by atoms with Crippen LogP contribution in [0, 0.1) is 5.92 Å². The molecular formula is C17H22N2O2. The molecule has 1 saturated heterocycles. The molecule has 1 N–H and O–H groups in total. The Morgan fingerprint density at radius 3 is 2.76 bits per heavy atom. The van der Waals surface area contributed by atoms with Crippen molar-refractivity contribution >= 4 is 16.7 Å². The zero-order valence-electron chi connectivity index (χ0n) is 12.5. The highest BCUT2D eigenvalue weighted by Crippen LogP contribution is 2.26. The molecule has 21 heavy (non-hydrogen) atoms. The first-order valence-corrected chi connectivity index (χ1v) is 7.55. The predicted molar refractivity (Wildman–Crippen MR) is 84.5 cm³/mol. The van der Waals surface area contributed by atoms with Gasteiger partial charge in [0.25, 0.3) is 0 Å². The van der Waals surface area contributed by atoms with Gasteiger partial charge in [0.05, 0.1) is 12.1 Å².